The molecule has 0 bridgehead atoms. The maximum Gasteiger partial charge on any atom is 0.221 e. The van der Waals surface area contributed by atoms with Gasteiger partial charge in [-0.15, -0.1) is 0 Å². The summed E-state index contributed by atoms with van der Waals surface area (Å²) in [4.78, 5) is 23.0. The van der Waals surface area contributed by atoms with Crippen LogP contribution in [0.15, 0.2) is 53.4 Å². The lowest BCUT2D eigenvalue weighted by Crippen LogP contribution is -2.25. The van der Waals surface area contributed by atoms with Crippen molar-refractivity contribution >= 4 is 27.3 Å². The quantitative estimate of drug-likeness (QED) is 0.778. The molecule has 2 rings (SSSR count). The van der Waals surface area contributed by atoms with E-state index in [4.69, 9.17) is 0 Å². The Hall–Kier alpha value is -2.67. The third-order valence-corrected chi connectivity index (χ3v) is 5.44. The maximum atomic E-state index is 12.3. The van der Waals surface area contributed by atoms with Crippen LogP contribution < -0.4 is 10.6 Å². The van der Waals surface area contributed by atoms with Gasteiger partial charge in [-0.1, -0.05) is 29.8 Å². The average Bonchev–Trinajstić information content (AvgIpc) is 2.58. The Bertz CT molecular complexity index is 890. The highest BCUT2D eigenvalue weighted by Crippen LogP contribution is 2.16. The number of hydrogen-bond donors (Lipinski definition) is 2. The summed E-state index contributed by atoms with van der Waals surface area (Å²) in [5.74, 6) is -0.817. The maximum absolute atomic E-state index is 12.3. The predicted octanol–water partition coefficient (Wildman–Crippen LogP) is 2.43. The Morgan fingerprint density at radius 3 is 2.35 bits per heavy atom. The van der Waals surface area contributed by atoms with Crippen LogP contribution in [0.25, 0.3) is 0 Å². The van der Waals surface area contributed by atoms with Gasteiger partial charge >= 0.3 is 0 Å². The van der Waals surface area contributed by atoms with Crippen LogP contribution in [-0.4, -0.2) is 26.0 Å². The van der Waals surface area contributed by atoms with E-state index >= 15 is 0 Å². The highest BCUT2D eigenvalue weighted by Gasteiger charge is 2.16. The first kappa shape index (κ1) is 19.7. The van der Waals surface area contributed by atoms with Gasteiger partial charge in [0.15, 0.2) is 9.84 Å². The minimum absolute atomic E-state index is 0.110. The molecule has 0 atom stereocenters. The molecule has 6 nitrogen and oxygen atoms in total. The Morgan fingerprint density at radius 1 is 1.04 bits per heavy atom. The Kier molecular flexibility index (Phi) is 6.52. The minimum atomic E-state index is -3.56. The van der Waals surface area contributed by atoms with E-state index in [2.05, 4.69) is 10.6 Å². The normalized spacial score (nSPS) is 11.0. The van der Waals surface area contributed by atoms with E-state index in [1.54, 1.807) is 0 Å². The molecule has 26 heavy (non-hydrogen) atoms. The number of nitrogens with one attached hydrogen (secondary N) is 2. The highest BCUT2D eigenvalue weighted by atomic mass is 32.2. The van der Waals surface area contributed by atoms with E-state index in [9.17, 15) is 18.0 Å². The molecule has 0 aliphatic carbocycles. The highest BCUT2D eigenvalue weighted by molar-refractivity contribution is 7.91. The van der Waals surface area contributed by atoms with E-state index in [1.807, 2.05) is 31.2 Å². The van der Waals surface area contributed by atoms with Gasteiger partial charge in [0, 0.05) is 25.6 Å². The second-order valence-corrected chi connectivity index (χ2v) is 8.15. The molecule has 2 aromatic carbocycles. The number of amides is 2. The summed E-state index contributed by atoms with van der Waals surface area (Å²) < 4.78 is 24.6. The summed E-state index contributed by atoms with van der Waals surface area (Å²) in [5.41, 5.74) is 2.59. The Morgan fingerprint density at radius 2 is 1.73 bits per heavy atom. The molecule has 0 fully saturated rings. The van der Waals surface area contributed by atoms with Gasteiger partial charge in [0.05, 0.1) is 10.6 Å². The summed E-state index contributed by atoms with van der Waals surface area (Å²) in [7, 11) is -3.56. The second-order valence-electron chi connectivity index (χ2n) is 6.04. The van der Waals surface area contributed by atoms with Gasteiger partial charge in [-0.25, -0.2) is 8.42 Å². The lowest BCUT2D eigenvalue weighted by Gasteiger charge is -2.08. The lowest BCUT2D eigenvalue weighted by atomic mass is 10.1. The largest absolute Gasteiger partial charge is 0.352 e. The molecule has 0 aliphatic rings. The molecule has 0 heterocycles. The van der Waals surface area contributed by atoms with Crippen LogP contribution in [0.5, 0.6) is 0 Å². The first-order valence-corrected chi connectivity index (χ1v) is 9.84. The van der Waals surface area contributed by atoms with Gasteiger partial charge in [-0.3, -0.25) is 9.59 Å². The van der Waals surface area contributed by atoms with Crippen molar-refractivity contribution in [2.45, 2.75) is 31.7 Å². The number of carbonyl (C=O) groups excluding carboxylic acids is 2. The smallest absolute Gasteiger partial charge is 0.221 e. The Balaban J connectivity index is 1.88. The van der Waals surface area contributed by atoms with Crippen LogP contribution in [0.3, 0.4) is 0 Å². The number of rotatable bonds is 7. The summed E-state index contributed by atoms with van der Waals surface area (Å²) in [6.45, 7) is 3.71. The molecule has 0 radical (unpaired) electrons. The van der Waals surface area contributed by atoms with Crippen molar-refractivity contribution in [1.82, 2.24) is 5.32 Å². The molecule has 0 unspecified atom stereocenters. The molecule has 2 aromatic rings. The molecular formula is C19H22N2O4S. The van der Waals surface area contributed by atoms with Crippen molar-refractivity contribution < 1.29 is 18.0 Å². The Labute approximate surface area is 153 Å². The number of benzene rings is 2. The van der Waals surface area contributed by atoms with Crippen LogP contribution in [0.1, 0.15) is 24.5 Å². The summed E-state index contributed by atoms with van der Waals surface area (Å²) in [6, 6.07) is 13.6. The molecule has 2 amide bonds. The van der Waals surface area contributed by atoms with Crippen molar-refractivity contribution in [2.75, 3.05) is 11.1 Å². The fourth-order valence-electron chi connectivity index (χ4n) is 2.40. The molecule has 0 saturated heterocycles. The first-order chi connectivity index (χ1) is 12.3. The molecule has 0 aliphatic heterocycles. The van der Waals surface area contributed by atoms with E-state index in [0.717, 1.165) is 11.1 Å². The van der Waals surface area contributed by atoms with Gasteiger partial charge in [-0.05, 0) is 36.8 Å². The summed E-state index contributed by atoms with van der Waals surface area (Å²) >= 11 is 0. The second kappa shape index (κ2) is 8.62. The van der Waals surface area contributed by atoms with Crippen LogP contribution in [0.4, 0.5) is 5.69 Å². The van der Waals surface area contributed by atoms with Crippen LogP contribution in [-0.2, 0) is 26.0 Å². The fraction of sp³-hybridized carbons (Fsp3) is 0.263. The van der Waals surface area contributed by atoms with Crippen molar-refractivity contribution in [3.8, 4) is 0 Å². The van der Waals surface area contributed by atoms with Crippen molar-refractivity contribution in [2.24, 2.45) is 0 Å². The first-order valence-electron chi connectivity index (χ1n) is 8.19. The third kappa shape index (κ3) is 6.00. The van der Waals surface area contributed by atoms with Crippen LogP contribution >= 0.6 is 0 Å². The lowest BCUT2D eigenvalue weighted by molar-refractivity contribution is -0.120. The van der Waals surface area contributed by atoms with E-state index in [1.165, 1.54) is 31.2 Å². The number of aryl methyl sites for hydroxylation is 1. The monoisotopic (exact) mass is 374 g/mol. The van der Waals surface area contributed by atoms with Crippen molar-refractivity contribution in [1.29, 1.82) is 0 Å². The van der Waals surface area contributed by atoms with Gasteiger partial charge < -0.3 is 10.6 Å². The number of anilines is 1. The van der Waals surface area contributed by atoms with Crippen LogP contribution in [0.2, 0.25) is 0 Å². The molecular weight excluding hydrogens is 352 g/mol. The SMILES string of the molecule is CC(=O)Nc1ccc(S(=O)(=O)CCC(=O)NCc2cccc(C)c2)cc1. The molecule has 0 spiro atoms. The predicted molar refractivity (Wildman–Crippen MR) is 100 cm³/mol. The van der Waals surface area contributed by atoms with Gasteiger partial charge in [0.25, 0.3) is 0 Å². The zero-order valence-corrected chi connectivity index (χ0v) is 15.6. The fourth-order valence-corrected chi connectivity index (χ4v) is 3.65. The molecule has 0 saturated carbocycles. The number of hydrogen-bond acceptors (Lipinski definition) is 4. The number of carbonyl (C=O) groups is 2. The number of sulfone groups is 1. The standard InChI is InChI=1S/C19H22N2O4S/c1-14-4-3-5-16(12-14)13-20-19(23)10-11-26(24,25)18-8-6-17(7-9-18)21-15(2)22/h3-9,12H,10-11,13H2,1-2H3,(H,20,23)(H,21,22). The zero-order valence-electron chi connectivity index (χ0n) is 14.8. The minimum Gasteiger partial charge on any atom is -0.352 e. The average molecular weight is 374 g/mol. The molecule has 2 N–H and O–H groups in total. The van der Waals surface area contributed by atoms with Crippen molar-refractivity contribution in [3.05, 3.63) is 59.7 Å². The molecule has 138 valence electrons. The van der Waals surface area contributed by atoms with Gasteiger partial charge in [-0.2, -0.15) is 0 Å². The van der Waals surface area contributed by atoms with Gasteiger partial charge in [0.1, 0.15) is 0 Å². The third-order valence-electron chi connectivity index (χ3n) is 3.70. The topological polar surface area (TPSA) is 92.3 Å². The molecule has 0 aromatic heterocycles. The molecule has 7 heteroatoms. The summed E-state index contributed by atoms with van der Waals surface area (Å²) in [5, 5.41) is 5.30. The van der Waals surface area contributed by atoms with E-state index < -0.39 is 9.84 Å². The van der Waals surface area contributed by atoms with E-state index in [-0.39, 0.29) is 28.9 Å². The van der Waals surface area contributed by atoms with Crippen LogP contribution in [0, 0.1) is 6.92 Å². The van der Waals surface area contributed by atoms with E-state index in [0.29, 0.717) is 12.2 Å². The zero-order chi connectivity index (χ0) is 19.2. The van der Waals surface area contributed by atoms with Gasteiger partial charge in [0.2, 0.25) is 11.8 Å². The van der Waals surface area contributed by atoms with Crippen molar-refractivity contribution in [3.63, 3.8) is 0 Å². The summed E-state index contributed by atoms with van der Waals surface area (Å²) in [6.07, 6.45) is -0.110.